The summed E-state index contributed by atoms with van der Waals surface area (Å²) in [6, 6.07) is 11.3. The molecule has 2 nitrogen and oxygen atoms in total. The predicted octanol–water partition coefficient (Wildman–Crippen LogP) is 2.44. The Hall–Kier alpha value is -0.860. The molecule has 1 aliphatic heterocycles. The number of ether oxygens (including phenoxy) is 1. The lowest BCUT2D eigenvalue weighted by Gasteiger charge is -2.29. The first-order valence-electron chi connectivity index (χ1n) is 6.24. The van der Waals surface area contributed by atoms with Crippen LogP contribution in [0.4, 0.5) is 0 Å². The van der Waals surface area contributed by atoms with Crippen molar-refractivity contribution in [2.75, 3.05) is 7.05 Å². The highest BCUT2D eigenvalue weighted by atomic mass is 16.6. The number of hydrogen-bond acceptors (Lipinski definition) is 2. The van der Waals surface area contributed by atoms with Gasteiger partial charge in [0.15, 0.2) is 0 Å². The van der Waals surface area contributed by atoms with Gasteiger partial charge in [-0.2, -0.15) is 0 Å². The number of likely N-dealkylation sites (N-methyl/N-ethyl adjacent to an activating group) is 1. The van der Waals surface area contributed by atoms with Crippen molar-refractivity contribution in [3.8, 4) is 0 Å². The first-order valence-corrected chi connectivity index (χ1v) is 6.24. The molecule has 0 N–H and O–H groups in total. The number of epoxide rings is 1. The minimum atomic E-state index is 0.530. The molecule has 2 fully saturated rings. The summed E-state index contributed by atoms with van der Waals surface area (Å²) in [6.07, 6.45) is 5.01. The van der Waals surface area contributed by atoms with E-state index in [1.807, 2.05) is 0 Å². The molecule has 1 saturated carbocycles. The first kappa shape index (κ1) is 10.3. The van der Waals surface area contributed by atoms with Gasteiger partial charge in [0.25, 0.3) is 0 Å². The quantitative estimate of drug-likeness (QED) is 0.723. The SMILES string of the molecule is CN(Cc1ccccc1)[C@@H]1CCC[C@H]2O[C@@H]12. The van der Waals surface area contributed by atoms with Crippen LogP contribution in [0.1, 0.15) is 24.8 Å². The number of rotatable bonds is 3. The summed E-state index contributed by atoms with van der Waals surface area (Å²) in [5, 5.41) is 0. The Labute approximate surface area is 97.2 Å². The summed E-state index contributed by atoms with van der Waals surface area (Å²) in [6.45, 7) is 1.04. The molecule has 0 bridgehead atoms. The van der Waals surface area contributed by atoms with Crippen molar-refractivity contribution in [2.45, 2.75) is 44.1 Å². The molecule has 86 valence electrons. The van der Waals surface area contributed by atoms with Crippen molar-refractivity contribution < 1.29 is 4.74 Å². The fourth-order valence-electron chi connectivity index (χ4n) is 2.88. The molecule has 1 aromatic rings. The van der Waals surface area contributed by atoms with E-state index in [-0.39, 0.29) is 0 Å². The summed E-state index contributed by atoms with van der Waals surface area (Å²) in [5.41, 5.74) is 1.40. The van der Waals surface area contributed by atoms with Crippen molar-refractivity contribution in [3.63, 3.8) is 0 Å². The van der Waals surface area contributed by atoms with Crippen molar-refractivity contribution in [1.82, 2.24) is 4.90 Å². The van der Waals surface area contributed by atoms with E-state index in [4.69, 9.17) is 4.74 Å². The van der Waals surface area contributed by atoms with E-state index in [1.165, 1.54) is 24.8 Å². The van der Waals surface area contributed by atoms with E-state index in [0.29, 0.717) is 18.2 Å². The van der Waals surface area contributed by atoms with E-state index < -0.39 is 0 Å². The summed E-state index contributed by atoms with van der Waals surface area (Å²) >= 11 is 0. The Morgan fingerprint density at radius 3 is 2.88 bits per heavy atom. The molecule has 0 amide bonds. The molecule has 3 atom stereocenters. The topological polar surface area (TPSA) is 15.8 Å². The highest BCUT2D eigenvalue weighted by molar-refractivity contribution is 5.15. The van der Waals surface area contributed by atoms with Gasteiger partial charge in [-0.15, -0.1) is 0 Å². The second-order valence-corrected chi connectivity index (χ2v) is 5.04. The highest BCUT2D eigenvalue weighted by Crippen LogP contribution is 2.39. The minimum absolute atomic E-state index is 0.530. The maximum absolute atomic E-state index is 5.71. The zero-order chi connectivity index (χ0) is 11.0. The molecular weight excluding hydrogens is 198 g/mol. The maximum Gasteiger partial charge on any atom is 0.0996 e. The van der Waals surface area contributed by atoms with E-state index in [2.05, 4.69) is 42.3 Å². The van der Waals surface area contributed by atoms with Gasteiger partial charge in [0.05, 0.1) is 12.2 Å². The molecule has 1 saturated heterocycles. The molecule has 3 rings (SSSR count). The molecule has 16 heavy (non-hydrogen) atoms. The van der Waals surface area contributed by atoms with Gasteiger partial charge in [-0.3, -0.25) is 4.90 Å². The molecule has 1 aliphatic carbocycles. The number of fused-ring (bicyclic) bond motifs is 1. The zero-order valence-electron chi connectivity index (χ0n) is 9.80. The average Bonchev–Trinajstić information content (AvgIpc) is 3.08. The number of benzene rings is 1. The van der Waals surface area contributed by atoms with Crippen molar-refractivity contribution in [1.29, 1.82) is 0 Å². The third-order valence-electron chi connectivity index (χ3n) is 3.83. The van der Waals surface area contributed by atoms with Crippen LogP contribution in [0, 0.1) is 0 Å². The number of hydrogen-bond donors (Lipinski definition) is 0. The van der Waals surface area contributed by atoms with Gasteiger partial charge in [0, 0.05) is 12.6 Å². The Kier molecular flexibility index (Phi) is 2.70. The van der Waals surface area contributed by atoms with E-state index >= 15 is 0 Å². The fraction of sp³-hybridized carbons (Fsp3) is 0.571. The lowest BCUT2D eigenvalue weighted by Crippen LogP contribution is -2.38. The van der Waals surface area contributed by atoms with Gasteiger partial charge in [-0.25, -0.2) is 0 Å². The van der Waals surface area contributed by atoms with Crippen LogP contribution in [0.2, 0.25) is 0 Å². The van der Waals surface area contributed by atoms with Gasteiger partial charge in [0.1, 0.15) is 0 Å². The van der Waals surface area contributed by atoms with Gasteiger partial charge in [-0.05, 0) is 31.9 Å². The molecule has 0 radical (unpaired) electrons. The van der Waals surface area contributed by atoms with Crippen LogP contribution in [0.15, 0.2) is 30.3 Å². The van der Waals surface area contributed by atoms with E-state index in [9.17, 15) is 0 Å². The monoisotopic (exact) mass is 217 g/mol. The summed E-state index contributed by atoms with van der Waals surface area (Å²) in [5.74, 6) is 0. The van der Waals surface area contributed by atoms with Crippen LogP contribution in [-0.2, 0) is 11.3 Å². The van der Waals surface area contributed by atoms with Crippen LogP contribution in [0.25, 0.3) is 0 Å². The largest absolute Gasteiger partial charge is 0.368 e. The second-order valence-electron chi connectivity index (χ2n) is 5.04. The Morgan fingerprint density at radius 2 is 2.06 bits per heavy atom. The molecule has 1 aromatic carbocycles. The lowest BCUT2D eigenvalue weighted by molar-refractivity contribution is 0.178. The molecule has 2 heteroatoms. The Morgan fingerprint density at radius 1 is 1.25 bits per heavy atom. The smallest absolute Gasteiger partial charge is 0.0996 e. The predicted molar refractivity (Wildman–Crippen MR) is 64.2 cm³/mol. The second kappa shape index (κ2) is 4.19. The molecule has 1 heterocycles. The summed E-state index contributed by atoms with van der Waals surface area (Å²) in [7, 11) is 2.22. The molecule has 0 unspecified atom stereocenters. The van der Waals surface area contributed by atoms with Crippen LogP contribution < -0.4 is 0 Å². The third kappa shape index (κ3) is 2.00. The van der Waals surface area contributed by atoms with E-state index in [0.717, 1.165) is 6.54 Å². The molecular formula is C14H19NO. The summed E-state index contributed by atoms with van der Waals surface area (Å²) < 4.78 is 5.71. The third-order valence-corrected chi connectivity index (χ3v) is 3.83. The maximum atomic E-state index is 5.71. The average molecular weight is 217 g/mol. The zero-order valence-corrected chi connectivity index (χ0v) is 9.80. The minimum Gasteiger partial charge on any atom is -0.368 e. The standard InChI is InChI=1S/C14H19NO/c1-15(10-11-6-3-2-4-7-11)12-8-5-9-13-14(12)16-13/h2-4,6-7,12-14H,5,8-10H2,1H3/t12-,13-,14+/m1/s1. The van der Waals surface area contributed by atoms with Crippen LogP contribution >= 0.6 is 0 Å². The van der Waals surface area contributed by atoms with Crippen molar-refractivity contribution >= 4 is 0 Å². The van der Waals surface area contributed by atoms with Gasteiger partial charge in [0.2, 0.25) is 0 Å². The van der Waals surface area contributed by atoms with Gasteiger partial charge in [-0.1, -0.05) is 30.3 Å². The first-order chi connectivity index (χ1) is 7.84. The van der Waals surface area contributed by atoms with Gasteiger partial charge >= 0.3 is 0 Å². The van der Waals surface area contributed by atoms with Crippen LogP contribution in [0.3, 0.4) is 0 Å². The molecule has 2 aliphatic rings. The number of nitrogens with zero attached hydrogens (tertiary/aromatic N) is 1. The van der Waals surface area contributed by atoms with Crippen LogP contribution in [-0.4, -0.2) is 30.2 Å². The Balaban J connectivity index is 1.62. The highest BCUT2D eigenvalue weighted by Gasteiger charge is 2.48. The normalized spacial score (nSPS) is 32.5. The Bertz CT molecular complexity index is 351. The van der Waals surface area contributed by atoms with Crippen molar-refractivity contribution in [3.05, 3.63) is 35.9 Å². The van der Waals surface area contributed by atoms with Crippen LogP contribution in [0.5, 0.6) is 0 Å². The van der Waals surface area contributed by atoms with E-state index in [1.54, 1.807) is 0 Å². The van der Waals surface area contributed by atoms with Gasteiger partial charge < -0.3 is 4.74 Å². The molecule has 0 aromatic heterocycles. The fourth-order valence-corrected chi connectivity index (χ4v) is 2.88. The summed E-state index contributed by atoms with van der Waals surface area (Å²) in [4.78, 5) is 2.46. The molecule has 0 spiro atoms. The van der Waals surface area contributed by atoms with Crippen molar-refractivity contribution in [2.24, 2.45) is 0 Å². The lowest BCUT2D eigenvalue weighted by atomic mass is 9.94.